The van der Waals surface area contributed by atoms with Crippen molar-refractivity contribution >= 4 is 29.0 Å². The highest BCUT2D eigenvalue weighted by Crippen LogP contribution is 2.30. The van der Waals surface area contributed by atoms with Crippen LogP contribution in [0.5, 0.6) is 0 Å². The first kappa shape index (κ1) is 19.6. The molecule has 0 aromatic heterocycles. The van der Waals surface area contributed by atoms with Crippen LogP contribution in [-0.4, -0.2) is 11.7 Å². The first-order valence-corrected chi connectivity index (χ1v) is 8.51. The third-order valence-corrected chi connectivity index (χ3v) is 4.20. The summed E-state index contributed by atoms with van der Waals surface area (Å²) in [5.41, 5.74) is -0.432. The van der Waals surface area contributed by atoms with Crippen LogP contribution in [0, 0.1) is 0 Å². The molecule has 0 radical (unpaired) electrons. The van der Waals surface area contributed by atoms with E-state index >= 15 is 0 Å². The van der Waals surface area contributed by atoms with Crippen molar-refractivity contribution in [1.29, 1.82) is 0 Å². The molecule has 1 N–H and O–H groups in total. The molecule has 7 heteroatoms. The third-order valence-electron chi connectivity index (χ3n) is 3.96. The van der Waals surface area contributed by atoms with Gasteiger partial charge in [-0.3, -0.25) is 9.59 Å². The summed E-state index contributed by atoms with van der Waals surface area (Å²) in [4.78, 5) is 25.2. The zero-order valence-electron chi connectivity index (χ0n) is 14.3. The van der Waals surface area contributed by atoms with Crippen molar-refractivity contribution in [2.75, 3.05) is 5.32 Å². The highest BCUT2D eigenvalue weighted by atomic mass is 35.5. The fraction of sp³-hybridized carbons (Fsp3) is 0.0476. The molecular formula is C21H13ClF3NO2. The fourth-order valence-corrected chi connectivity index (χ4v) is 2.76. The Kier molecular flexibility index (Phi) is 5.51. The van der Waals surface area contributed by atoms with Crippen molar-refractivity contribution in [2.45, 2.75) is 6.18 Å². The van der Waals surface area contributed by atoms with Crippen molar-refractivity contribution in [3.05, 3.63) is 100 Å². The molecule has 3 rings (SSSR count). The van der Waals surface area contributed by atoms with Crippen LogP contribution in [0.4, 0.5) is 18.9 Å². The predicted molar refractivity (Wildman–Crippen MR) is 101 cm³/mol. The Bertz CT molecular complexity index is 1030. The Morgan fingerprint density at radius 2 is 1.50 bits per heavy atom. The van der Waals surface area contributed by atoms with Gasteiger partial charge in [-0.15, -0.1) is 0 Å². The average Bonchev–Trinajstić information content (AvgIpc) is 2.69. The first-order chi connectivity index (χ1) is 13.3. The lowest BCUT2D eigenvalue weighted by Gasteiger charge is -2.12. The van der Waals surface area contributed by atoms with Gasteiger partial charge in [0.15, 0.2) is 5.78 Å². The molecule has 0 atom stereocenters. The van der Waals surface area contributed by atoms with Crippen molar-refractivity contribution < 1.29 is 22.8 Å². The van der Waals surface area contributed by atoms with Gasteiger partial charge in [0.1, 0.15) is 0 Å². The van der Waals surface area contributed by atoms with Crippen molar-refractivity contribution in [2.24, 2.45) is 0 Å². The maximum absolute atomic E-state index is 12.9. The summed E-state index contributed by atoms with van der Waals surface area (Å²) in [5, 5.41) is 2.79. The second-order valence-electron chi connectivity index (χ2n) is 5.92. The van der Waals surface area contributed by atoms with E-state index in [1.165, 1.54) is 24.3 Å². The van der Waals surface area contributed by atoms with E-state index in [9.17, 15) is 22.8 Å². The van der Waals surface area contributed by atoms with Gasteiger partial charge in [0.05, 0.1) is 11.3 Å². The van der Waals surface area contributed by atoms with Gasteiger partial charge in [0, 0.05) is 21.7 Å². The standard InChI is InChI=1S/C21H13ClF3NO2/c22-16-9-10-18(17(12-16)19(27)13-5-2-1-3-6-13)26-20(28)14-7-4-8-15(11-14)21(23,24)25/h1-12H,(H,26,28). The summed E-state index contributed by atoms with van der Waals surface area (Å²) in [6, 6.07) is 16.7. The Morgan fingerprint density at radius 1 is 0.821 bits per heavy atom. The summed E-state index contributed by atoms with van der Waals surface area (Å²) < 4.78 is 38.6. The monoisotopic (exact) mass is 403 g/mol. The molecule has 0 aliphatic heterocycles. The van der Waals surface area contributed by atoms with E-state index in [1.807, 2.05) is 0 Å². The van der Waals surface area contributed by atoms with Gasteiger partial charge in [-0.05, 0) is 36.4 Å². The van der Waals surface area contributed by atoms with Crippen LogP contribution in [0.2, 0.25) is 5.02 Å². The largest absolute Gasteiger partial charge is 0.416 e. The SMILES string of the molecule is O=C(Nc1ccc(Cl)cc1C(=O)c1ccccc1)c1cccc(C(F)(F)F)c1. The molecule has 3 nitrogen and oxygen atoms in total. The number of ketones is 1. The number of rotatable bonds is 4. The Morgan fingerprint density at radius 3 is 2.18 bits per heavy atom. The van der Waals surface area contributed by atoms with Gasteiger partial charge in [0.2, 0.25) is 0 Å². The second kappa shape index (κ2) is 7.86. The zero-order valence-corrected chi connectivity index (χ0v) is 15.0. The number of benzene rings is 3. The molecule has 0 unspecified atom stereocenters. The lowest BCUT2D eigenvalue weighted by molar-refractivity contribution is -0.137. The summed E-state index contributed by atoms with van der Waals surface area (Å²) in [5.74, 6) is -1.14. The molecule has 0 spiro atoms. The zero-order chi connectivity index (χ0) is 20.3. The number of amides is 1. The Balaban J connectivity index is 1.93. The minimum absolute atomic E-state index is 0.138. The van der Waals surface area contributed by atoms with Crippen LogP contribution < -0.4 is 5.32 Å². The van der Waals surface area contributed by atoms with E-state index in [-0.39, 0.29) is 27.6 Å². The molecule has 1 amide bonds. The van der Waals surface area contributed by atoms with Crippen LogP contribution in [-0.2, 0) is 6.18 Å². The number of nitrogens with one attached hydrogen (secondary N) is 1. The van der Waals surface area contributed by atoms with E-state index < -0.39 is 17.6 Å². The summed E-state index contributed by atoms with van der Waals surface area (Å²) >= 11 is 5.98. The van der Waals surface area contributed by atoms with E-state index in [1.54, 1.807) is 30.3 Å². The van der Waals surface area contributed by atoms with Gasteiger partial charge in [-0.2, -0.15) is 13.2 Å². The number of hydrogen-bond acceptors (Lipinski definition) is 2. The molecule has 3 aromatic rings. The highest BCUT2D eigenvalue weighted by molar-refractivity contribution is 6.31. The van der Waals surface area contributed by atoms with E-state index in [4.69, 9.17) is 11.6 Å². The van der Waals surface area contributed by atoms with Gasteiger partial charge in [-0.1, -0.05) is 48.0 Å². The quantitative estimate of drug-likeness (QED) is 0.556. The third kappa shape index (κ3) is 4.40. The highest BCUT2D eigenvalue weighted by Gasteiger charge is 2.31. The molecule has 0 bridgehead atoms. The lowest BCUT2D eigenvalue weighted by Crippen LogP contribution is -2.16. The van der Waals surface area contributed by atoms with Crippen molar-refractivity contribution in [1.82, 2.24) is 0 Å². The Hall–Kier alpha value is -3.12. The van der Waals surface area contributed by atoms with Crippen molar-refractivity contribution in [3.8, 4) is 0 Å². The van der Waals surface area contributed by atoms with E-state index in [0.29, 0.717) is 5.56 Å². The van der Waals surface area contributed by atoms with Crippen LogP contribution in [0.1, 0.15) is 31.8 Å². The maximum atomic E-state index is 12.9. The molecule has 0 saturated heterocycles. The molecule has 142 valence electrons. The molecule has 28 heavy (non-hydrogen) atoms. The van der Waals surface area contributed by atoms with Crippen LogP contribution >= 0.6 is 11.6 Å². The van der Waals surface area contributed by atoms with Crippen molar-refractivity contribution in [3.63, 3.8) is 0 Å². The van der Waals surface area contributed by atoms with Crippen LogP contribution in [0.25, 0.3) is 0 Å². The normalized spacial score (nSPS) is 11.1. The van der Waals surface area contributed by atoms with E-state index in [0.717, 1.165) is 18.2 Å². The minimum Gasteiger partial charge on any atom is -0.321 e. The Labute approximate surface area is 163 Å². The molecule has 0 aliphatic carbocycles. The van der Waals surface area contributed by atoms with Gasteiger partial charge < -0.3 is 5.32 Å². The van der Waals surface area contributed by atoms with Gasteiger partial charge >= 0.3 is 6.18 Å². The molecule has 0 fully saturated rings. The lowest BCUT2D eigenvalue weighted by atomic mass is 10.0. The number of hydrogen-bond donors (Lipinski definition) is 1. The molecule has 3 aromatic carbocycles. The summed E-state index contributed by atoms with van der Waals surface area (Å²) in [6.07, 6.45) is -4.56. The molecule has 0 aliphatic rings. The number of alkyl halides is 3. The number of carbonyl (C=O) groups excluding carboxylic acids is 2. The molecule has 0 heterocycles. The smallest absolute Gasteiger partial charge is 0.321 e. The van der Waals surface area contributed by atoms with Gasteiger partial charge in [-0.25, -0.2) is 0 Å². The average molecular weight is 404 g/mol. The second-order valence-corrected chi connectivity index (χ2v) is 6.35. The predicted octanol–water partition coefficient (Wildman–Crippen LogP) is 5.84. The van der Waals surface area contributed by atoms with Crippen LogP contribution in [0.3, 0.4) is 0 Å². The topological polar surface area (TPSA) is 46.2 Å². The number of halogens is 4. The summed E-state index contributed by atoms with van der Waals surface area (Å²) in [7, 11) is 0. The van der Waals surface area contributed by atoms with Crippen LogP contribution in [0.15, 0.2) is 72.8 Å². The minimum atomic E-state index is -4.56. The molecular weight excluding hydrogens is 391 g/mol. The maximum Gasteiger partial charge on any atom is 0.416 e. The number of carbonyl (C=O) groups is 2. The summed E-state index contributed by atoms with van der Waals surface area (Å²) in [6.45, 7) is 0. The fourth-order valence-electron chi connectivity index (χ4n) is 2.59. The first-order valence-electron chi connectivity index (χ1n) is 8.13. The van der Waals surface area contributed by atoms with Gasteiger partial charge in [0.25, 0.3) is 5.91 Å². The van der Waals surface area contributed by atoms with E-state index in [2.05, 4.69) is 5.32 Å². The number of anilines is 1. The molecule has 0 saturated carbocycles.